The molecule has 1 amide bonds. The van der Waals surface area contributed by atoms with Crippen molar-refractivity contribution in [2.75, 3.05) is 18.8 Å². The average Bonchev–Trinajstić information content (AvgIpc) is 3.37. The summed E-state index contributed by atoms with van der Waals surface area (Å²) in [6.45, 7) is 1.24. The molecule has 0 N–H and O–H groups in total. The Kier molecular flexibility index (Phi) is 4.25. The molecule has 25 heavy (non-hydrogen) atoms. The van der Waals surface area contributed by atoms with Crippen molar-refractivity contribution in [2.24, 2.45) is 0 Å². The second-order valence-corrected chi connectivity index (χ2v) is 8.93. The van der Waals surface area contributed by atoms with Gasteiger partial charge in [-0.05, 0) is 44.2 Å². The highest BCUT2D eigenvalue weighted by atomic mass is 32.2. The molecule has 1 aromatic rings. The molecule has 1 aliphatic heterocycles. The number of hydrogen-bond acceptors (Lipinski definition) is 3. The lowest BCUT2D eigenvalue weighted by Gasteiger charge is -2.40. The third kappa shape index (κ3) is 3.52. The summed E-state index contributed by atoms with van der Waals surface area (Å²) in [4.78, 5) is 18.4. The first-order valence-electron chi connectivity index (χ1n) is 8.89. The minimum Gasteiger partial charge on any atom is -0.338 e. The fourth-order valence-corrected chi connectivity index (χ4v) is 5.21. The molecular weight excluding hydrogens is 349 g/mol. The molecule has 0 unspecified atom stereocenters. The summed E-state index contributed by atoms with van der Waals surface area (Å²) < 4.78 is 39.8. The Labute approximate surface area is 149 Å². The van der Waals surface area contributed by atoms with Crippen molar-refractivity contribution in [1.82, 2.24) is 9.88 Å². The van der Waals surface area contributed by atoms with E-state index in [4.69, 9.17) is 0 Å². The second kappa shape index (κ2) is 6.18. The van der Waals surface area contributed by atoms with E-state index in [2.05, 4.69) is 4.98 Å². The Hall–Kier alpha value is -1.24. The van der Waals surface area contributed by atoms with Gasteiger partial charge in [0.05, 0.1) is 0 Å². The topological polar surface area (TPSA) is 33.2 Å². The predicted molar refractivity (Wildman–Crippen MR) is 90.8 cm³/mol. The standard InChI is InChI=1S/C18H21F3N2OS/c19-18(20,21)15-11-13(10-14(22-15)12-2-3-12)16(24)23-7-6-17(4-1-5-17)25-9-8-23/h10-12H,1-9H2. The van der Waals surface area contributed by atoms with Crippen molar-refractivity contribution in [3.8, 4) is 0 Å². The van der Waals surface area contributed by atoms with Gasteiger partial charge in [0.2, 0.25) is 0 Å². The van der Waals surface area contributed by atoms with Gasteiger partial charge < -0.3 is 4.90 Å². The molecule has 136 valence electrons. The maximum atomic E-state index is 13.2. The van der Waals surface area contributed by atoms with Crippen LogP contribution in [0.1, 0.15) is 66.2 Å². The fourth-order valence-electron chi connectivity index (χ4n) is 3.65. The molecule has 3 aliphatic rings. The van der Waals surface area contributed by atoms with Crippen LogP contribution in [0, 0.1) is 0 Å². The summed E-state index contributed by atoms with van der Waals surface area (Å²) in [6, 6.07) is 2.50. The summed E-state index contributed by atoms with van der Waals surface area (Å²) in [5.41, 5.74) is -0.392. The molecule has 2 aliphatic carbocycles. The highest BCUT2D eigenvalue weighted by Gasteiger charge is 2.40. The Morgan fingerprint density at radius 1 is 1.20 bits per heavy atom. The number of pyridine rings is 1. The van der Waals surface area contributed by atoms with E-state index in [9.17, 15) is 18.0 Å². The van der Waals surface area contributed by atoms with Crippen LogP contribution in [-0.4, -0.2) is 39.4 Å². The van der Waals surface area contributed by atoms with Gasteiger partial charge in [-0.1, -0.05) is 6.42 Å². The third-order valence-corrected chi connectivity index (χ3v) is 7.15. The van der Waals surface area contributed by atoms with Crippen LogP contribution >= 0.6 is 11.8 Å². The first-order valence-corrected chi connectivity index (χ1v) is 9.87. The number of rotatable bonds is 2. The van der Waals surface area contributed by atoms with Gasteiger partial charge in [0.1, 0.15) is 5.69 Å². The van der Waals surface area contributed by atoms with Crippen molar-refractivity contribution in [1.29, 1.82) is 0 Å². The summed E-state index contributed by atoms with van der Waals surface area (Å²) in [5, 5.41) is 0. The Balaban J connectivity index is 1.57. The molecule has 0 bridgehead atoms. The first kappa shape index (κ1) is 17.2. The summed E-state index contributed by atoms with van der Waals surface area (Å²) >= 11 is 1.93. The Morgan fingerprint density at radius 2 is 1.96 bits per heavy atom. The van der Waals surface area contributed by atoms with E-state index in [1.54, 1.807) is 11.0 Å². The van der Waals surface area contributed by atoms with E-state index >= 15 is 0 Å². The van der Waals surface area contributed by atoms with E-state index in [1.807, 2.05) is 11.8 Å². The summed E-state index contributed by atoms with van der Waals surface area (Å²) in [7, 11) is 0. The van der Waals surface area contributed by atoms with Gasteiger partial charge in [0.15, 0.2) is 0 Å². The molecule has 1 saturated heterocycles. The summed E-state index contributed by atoms with van der Waals surface area (Å²) in [6.07, 6.45) is 1.75. The molecule has 1 spiro atoms. The second-order valence-electron chi connectivity index (χ2n) is 7.37. The number of alkyl halides is 3. The zero-order valence-corrected chi connectivity index (χ0v) is 14.8. The van der Waals surface area contributed by atoms with Gasteiger partial charge in [-0.2, -0.15) is 24.9 Å². The van der Waals surface area contributed by atoms with Crippen LogP contribution in [0.3, 0.4) is 0 Å². The van der Waals surface area contributed by atoms with Crippen molar-refractivity contribution < 1.29 is 18.0 Å². The number of aromatic nitrogens is 1. The fraction of sp³-hybridized carbons (Fsp3) is 0.667. The smallest absolute Gasteiger partial charge is 0.338 e. The van der Waals surface area contributed by atoms with E-state index in [0.29, 0.717) is 23.5 Å². The van der Waals surface area contributed by atoms with Gasteiger partial charge in [-0.15, -0.1) is 0 Å². The highest BCUT2D eigenvalue weighted by Crippen LogP contribution is 2.48. The zero-order valence-electron chi connectivity index (χ0n) is 13.9. The molecule has 3 nitrogen and oxygen atoms in total. The van der Waals surface area contributed by atoms with Gasteiger partial charge in [0, 0.05) is 40.8 Å². The maximum Gasteiger partial charge on any atom is 0.433 e. The maximum absolute atomic E-state index is 13.2. The molecule has 2 heterocycles. The van der Waals surface area contributed by atoms with Gasteiger partial charge in [0.25, 0.3) is 5.91 Å². The number of carbonyl (C=O) groups is 1. The number of amides is 1. The first-order chi connectivity index (χ1) is 11.9. The van der Waals surface area contributed by atoms with Gasteiger partial charge in [-0.3, -0.25) is 4.79 Å². The Morgan fingerprint density at radius 3 is 2.56 bits per heavy atom. The zero-order chi connectivity index (χ0) is 17.7. The quantitative estimate of drug-likeness (QED) is 0.770. The largest absolute Gasteiger partial charge is 0.433 e. The van der Waals surface area contributed by atoms with Crippen LogP contribution in [0.25, 0.3) is 0 Å². The number of thioether (sulfide) groups is 1. The van der Waals surface area contributed by atoms with Crippen molar-refractivity contribution >= 4 is 17.7 Å². The molecule has 1 aromatic heterocycles. The molecule has 7 heteroatoms. The van der Waals surface area contributed by atoms with Crippen molar-refractivity contribution in [3.05, 3.63) is 29.1 Å². The molecule has 0 aromatic carbocycles. The minimum atomic E-state index is -4.52. The van der Waals surface area contributed by atoms with Gasteiger partial charge in [-0.25, -0.2) is 4.98 Å². The number of carbonyl (C=O) groups excluding carboxylic acids is 1. The van der Waals surface area contributed by atoms with Crippen LogP contribution in [-0.2, 0) is 6.18 Å². The highest BCUT2D eigenvalue weighted by molar-refractivity contribution is 8.00. The molecule has 0 radical (unpaired) electrons. The van der Waals surface area contributed by atoms with Gasteiger partial charge >= 0.3 is 6.18 Å². The molecule has 2 saturated carbocycles. The normalized spacial score (nSPS) is 23.2. The van der Waals surface area contributed by atoms with E-state index in [1.165, 1.54) is 19.3 Å². The summed E-state index contributed by atoms with van der Waals surface area (Å²) in [5.74, 6) is 0.650. The van der Waals surface area contributed by atoms with Crippen LogP contribution in [0.5, 0.6) is 0 Å². The molecule has 3 fully saturated rings. The van der Waals surface area contributed by atoms with Crippen molar-refractivity contribution in [2.45, 2.75) is 55.4 Å². The van der Waals surface area contributed by atoms with Crippen molar-refractivity contribution in [3.63, 3.8) is 0 Å². The third-order valence-electron chi connectivity index (χ3n) is 5.54. The number of halogens is 3. The average molecular weight is 370 g/mol. The minimum absolute atomic E-state index is 0.0757. The van der Waals surface area contributed by atoms with E-state index in [-0.39, 0.29) is 17.4 Å². The predicted octanol–water partition coefficient (Wildman–Crippen LogP) is 4.48. The number of nitrogens with zero attached hydrogens (tertiary/aromatic N) is 2. The van der Waals surface area contributed by atoms with E-state index in [0.717, 1.165) is 31.1 Å². The van der Waals surface area contributed by atoms with Crippen LogP contribution in [0.15, 0.2) is 12.1 Å². The Bertz CT molecular complexity index is 683. The van der Waals surface area contributed by atoms with Crippen LogP contribution < -0.4 is 0 Å². The molecule has 4 rings (SSSR count). The van der Waals surface area contributed by atoms with E-state index < -0.39 is 11.9 Å². The lowest BCUT2D eigenvalue weighted by molar-refractivity contribution is -0.141. The SMILES string of the molecule is O=C(c1cc(C2CC2)nc(C(F)(F)F)c1)N1CCSC2(CCC2)CC1. The monoisotopic (exact) mass is 370 g/mol. The lowest BCUT2D eigenvalue weighted by Crippen LogP contribution is -2.37. The number of hydrogen-bond donors (Lipinski definition) is 0. The van der Waals surface area contributed by atoms with Crippen LogP contribution in [0.4, 0.5) is 13.2 Å². The van der Waals surface area contributed by atoms with Crippen LogP contribution in [0.2, 0.25) is 0 Å². The molecule has 0 atom stereocenters. The molecular formula is C18H21F3N2OS. The lowest BCUT2D eigenvalue weighted by atomic mass is 9.81.